The maximum atomic E-state index is 4.64. The maximum absolute atomic E-state index is 4.64. The van der Waals surface area contributed by atoms with Gasteiger partial charge in [0.25, 0.3) is 0 Å². The number of imidazole rings is 1. The largest absolute Gasteiger partial charge is 0.353 e. The molecule has 3 rings (SSSR count). The fourth-order valence-corrected chi connectivity index (χ4v) is 3.78. The van der Waals surface area contributed by atoms with E-state index in [1.54, 1.807) is 0 Å². The molecule has 2 saturated carbocycles. The number of nitrogens with zero attached hydrogens (tertiary/aromatic N) is 2. The smallest absolute Gasteiger partial charge is 0.203 e. The number of anilines is 1. The molecule has 0 aliphatic heterocycles. The first kappa shape index (κ1) is 13.0. The molecule has 0 aromatic carbocycles. The van der Waals surface area contributed by atoms with E-state index in [2.05, 4.69) is 21.8 Å². The van der Waals surface area contributed by atoms with Crippen LogP contribution >= 0.6 is 0 Å². The highest BCUT2D eigenvalue weighted by atomic mass is 15.2. The van der Waals surface area contributed by atoms with E-state index in [1.807, 2.05) is 6.20 Å². The van der Waals surface area contributed by atoms with Gasteiger partial charge in [0.2, 0.25) is 5.95 Å². The van der Waals surface area contributed by atoms with Gasteiger partial charge in [-0.1, -0.05) is 38.5 Å². The van der Waals surface area contributed by atoms with Gasteiger partial charge in [-0.15, -0.1) is 0 Å². The van der Waals surface area contributed by atoms with E-state index in [1.165, 1.54) is 69.9 Å². The molecule has 0 spiro atoms. The molecule has 0 atom stereocenters. The van der Waals surface area contributed by atoms with Crippen molar-refractivity contribution in [1.29, 1.82) is 0 Å². The van der Waals surface area contributed by atoms with Gasteiger partial charge < -0.3 is 9.88 Å². The summed E-state index contributed by atoms with van der Waals surface area (Å²) in [6.07, 6.45) is 15.7. The highest BCUT2D eigenvalue weighted by Crippen LogP contribution is 2.32. The lowest BCUT2D eigenvalue weighted by atomic mass is 9.94. The van der Waals surface area contributed by atoms with Crippen LogP contribution in [0, 0.1) is 6.92 Å². The SMILES string of the molecule is Cc1cnc(NC2CCCCC2)n1C1CCCCC1. The minimum absolute atomic E-state index is 0.651. The Balaban J connectivity index is 1.73. The third-order valence-electron chi connectivity index (χ3n) is 4.86. The van der Waals surface area contributed by atoms with Gasteiger partial charge >= 0.3 is 0 Å². The van der Waals surface area contributed by atoms with Gasteiger partial charge in [0.15, 0.2) is 0 Å². The summed E-state index contributed by atoms with van der Waals surface area (Å²) in [6.45, 7) is 2.20. The molecule has 2 aliphatic carbocycles. The van der Waals surface area contributed by atoms with Crippen LogP contribution in [-0.4, -0.2) is 15.6 Å². The van der Waals surface area contributed by atoms with Crippen LogP contribution in [0.25, 0.3) is 0 Å². The summed E-state index contributed by atoms with van der Waals surface area (Å²) in [5.74, 6) is 1.14. The molecule has 1 aromatic heterocycles. The predicted octanol–water partition coefficient (Wildman–Crippen LogP) is 4.44. The van der Waals surface area contributed by atoms with Crippen LogP contribution < -0.4 is 5.32 Å². The molecule has 0 radical (unpaired) electrons. The molecule has 1 N–H and O–H groups in total. The molecule has 0 unspecified atom stereocenters. The second-order valence-corrected chi connectivity index (χ2v) is 6.36. The monoisotopic (exact) mass is 261 g/mol. The van der Waals surface area contributed by atoms with Crippen molar-refractivity contribution in [1.82, 2.24) is 9.55 Å². The number of hydrogen-bond acceptors (Lipinski definition) is 2. The number of rotatable bonds is 3. The lowest BCUT2D eigenvalue weighted by Crippen LogP contribution is -2.26. The minimum atomic E-state index is 0.651. The summed E-state index contributed by atoms with van der Waals surface area (Å²) in [7, 11) is 0. The van der Waals surface area contributed by atoms with E-state index in [0.29, 0.717) is 12.1 Å². The van der Waals surface area contributed by atoms with Gasteiger partial charge in [-0.05, 0) is 32.6 Å². The highest BCUT2D eigenvalue weighted by molar-refractivity contribution is 5.31. The lowest BCUT2D eigenvalue weighted by molar-refractivity contribution is 0.350. The molecule has 3 heteroatoms. The molecule has 0 amide bonds. The van der Waals surface area contributed by atoms with Gasteiger partial charge in [0.1, 0.15) is 0 Å². The van der Waals surface area contributed by atoms with Crippen LogP contribution in [0.5, 0.6) is 0 Å². The summed E-state index contributed by atoms with van der Waals surface area (Å²) in [5, 5.41) is 3.72. The Morgan fingerprint density at radius 3 is 2.32 bits per heavy atom. The van der Waals surface area contributed by atoms with Crippen LogP contribution in [0.4, 0.5) is 5.95 Å². The normalized spacial score (nSPS) is 22.6. The van der Waals surface area contributed by atoms with E-state index >= 15 is 0 Å². The predicted molar refractivity (Wildman–Crippen MR) is 79.6 cm³/mol. The van der Waals surface area contributed by atoms with E-state index in [-0.39, 0.29) is 0 Å². The summed E-state index contributed by atoms with van der Waals surface area (Å²) >= 11 is 0. The fraction of sp³-hybridized carbons (Fsp3) is 0.812. The second kappa shape index (κ2) is 5.98. The minimum Gasteiger partial charge on any atom is -0.353 e. The fourth-order valence-electron chi connectivity index (χ4n) is 3.78. The van der Waals surface area contributed by atoms with E-state index in [0.717, 1.165) is 5.95 Å². The maximum Gasteiger partial charge on any atom is 0.203 e. The molecule has 19 heavy (non-hydrogen) atoms. The Morgan fingerprint density at radius 1 is 1.00 bits per heavy atom. The van der Waals surface area contributed by atoms with Crippen LogP contribution in [0.2, 0.25) is 0 Å². The molecule has 1 heterocycles. The number of hydrogen-bond donors (Lipinski definition) is 1. The van der Waals surface area contributed by atoms with Crippen molar-refractivity contribution < 1.29 is 0 Å². The standard InChI is InChI=1S/C16H27N3/c1-13-12-17-16(18-14-8-4-2-5-9-14)19(13)15-10-6-3-7-11-15/h12,14-15H,2-11H2,1H3,(H,17,18). The van der Waals surface area contributed by atoms with Crippen LogP contribution in [0.15, 0.2) is 6.20 Å². The zero-order valence-electron chi connectivity index (χ0n) is 12.2. The molecule has 3 nitrogen and oxygen atoms in total. The molecule has 1 aromatic rings. The molecule has 0 saturated heterocycles. The molecular weight excluding hydrogens is 234 g/mol. The number of aromatic nitrogens is 2. The topological polar surface area (TPSA) is 29.9 Å². The molecule has 2 aliphatic rings. The zero-order chi connectivity index (χ0) is 13.1. The van der Waals surface area contributed by atoms with E-state index < -0.39 is 0 Å². The third kappa shape index (κ3) is 2.96. The molecule has 0 bridgehead atoms. The summed E-state index contributed by atoms with van der Waals surface area (Å²) in [5.41, 5.74) is 1.32. The Bertz CT molecular complexity index is 398. The first-order valence-electron chi connectivity index (χ1n) is 8.15. The van der Waals surface area contributed by atoms with Gasteiger partial charge in [-0.3, -0.25) is 0 Å². The zero-order valence-corrected chi connectivity index (χ0v) is 12.2. The van der Waals surface area contributed by atoms with Gasteiger partial charge in [-0.2, -0.15) is 0 Å². The van der Waals surface area contributed by atoms with Crippen molar-refractivity contribution in [3.05, 3.63) is 11.9 Å². The van der Waals surface area contributed by atoms with Crippen molar-refractivity contribution in [2.24, 2.45) is 0 Å². The quantitative estimate of drug-likeness (QED) is 0.871. The Kier molecular flexibility index (Phi) is 4.09. The number of nitrogens with one attached hydrogen (secondary N) is 1. The van der Waals surface area contributed by atoms with E-state index in [4.69, 9.17) is 0 Å². The van der Waals surface area contributed by atoms with Crippen molar-refractivity contribution in [3.63, 3.8) is 0 Å². The average molecular weight is 261 g/mol. The van der Waals surface area contributed by atoms with Crippen LogP contribution in [0.3, 0.4) is 0 Å². The van der Waals surface area contributed by atoms with Crippen molar-refractivity contribution in [2.45, 2.75) is 83.2 Å². The van der Waals surface area contributed by atoms with Gasteiger partial charge in [0, 0.05) is 17.8 Å². The Labute approximate surface area is 116 Å². The van der Waals surface area contributed by atoms with Crippen molar-refractivity contribution in [2.75, 3.05) is 5.32 Å². The number of aryl methyl sites for hydroxylation is 1. The van der Waals surface area contributed by atoms with Crippen molar-refractivity contribution >= 4 is 5.95 Å². The van der Waals surface area contributed by atoms with Crippen molar-refractivity contribution in [3.8, 4) is 0 Å². The third-order valence-corrected chi connectivity index (χ3v) is 4.86. The van der Waals surface area contributed by atoms with Crippen LogP contribution in [0.1, 0.15) is 75.9 Å². The van der Waals surface area contributed by atoms with Gasteiger partial charge in [0.05, 0.1) is 6.20 Å². The molecule has 106 valence electrons. The highest BCUT2D eigenvalue weighted by Gasteiger charge is 2.22. The summed E-state index contributed by atoms with van der Waals surface area (Å²) < 4.78 is 2.48. The Morgan fingerprint density at radius 2 is 1.63 bits per heavy atom. The molecule has 2 fully saturated rings. The average Bonchev–Trinajstić information content (AvgIpc) is 2.82. The first-order chi connectivity index (χ1) is 9.34. The summed E-state index contributed by atoms with van der Waals surface area (Å²) in [4.78, 5) is 4.64. The van der Waals surface area contributed by atoms with Gasteiger partial charge in [-0.25, -0.2) is 4.98 Å². The second-order valence-electron chi connectivity index (χ2n) is 6.36. The van der Waals surface area contributed by atoms with Crippen LogP contribution in [-0.2, 0) is 0 Å². The first-order valence-corrected chi connectivity index (χ1v) is 8.15. The summed E-state index contributed by atoms with van der Waals surface area (Å²) in [6, 6.07) is 1.33. The lowest BCUT2D eigenvalue weighted by Gasteiger charge is -2.29. The van der Waals surface area contributed by atoms with E-state index in [9.17, 15) is 0 Å². The Hall–Kier alpha value is -0.990. The molecular formula is C16H27N3.